The van der Waals surface area contributed by atoms with Gasteiger partial charge in [-0.3, -0.25) is 0 Å². The lowest BCUT2D eigenvalue weighted by Crippen LogP contribution is -2.29. The number of halogens is 3. The summed E-state index contributed by atoms with van der Waals surface area (Å²) in [6, 6.07) is 9.79. The Morgan fingerprint density at radius 1 is 1.00 bits per heavy atom. The van der Waals surface area contributed by atoms with E-state index in [1.807, 2.05) is 0 Å². The topological polar surface area (TPSA) is 55.8 Å². The van der Waals surface area contributed by atoms with Crippen LogP contribution in [-0.2, 0) is 9.84 Å². The van der Waals surface area contributed by atoms with Gasteiger partial charge >= 0.3 is 6.61 Å². The third-order valence-electron chi connectivity index (χ3n) is 4.50. The fraction of sp³-hybridized carbons (Fsp3) is 0.368. The van der Waals surface area contributed by atoms with E-state index in [0.29, 0.717) is 5.75 Å². The number of methoxy groups -OCH3 is 1. The minimum Gasteiger partial charge on any atom is -0.495 e. The number of hydrogen-bond acceptors (Lipinski definition) is 5. The van der Waals surface area contributed by atoms with E-state index in [9.17, 15) is 17.2 Å². The first-order chi connectivity index (χ1) is 12.9. The van der Waals surface area contributed by atoms with E-state index >= 15 is 0 Å². The molecule has 0 radical (unpaired) electrons. The molecule has 1 aliphatic heterocycles. The van der Waals surface area contributed by atoms with Gasteiger partial charge < -0.3 is 14.4 Å². The lowest BCUT2D eigenvalue weighted by Gasteiger charge is -2.30. The van der Waals surface area contributed by atoms with Crippen molar-refractivity contribution in [1.29, 1.82) is 0 Å². The van der Waals surface area contributed by atoms with Crippen LogP contribution >= 0.6 is 12.4 Å². The second kappa shape index (κ2) is 9.43. The van der Waals surface area contributed by atoms with Crippen LogP contribution in [0.1, 0.15) is 19.3 Å². The summed E-state index contributed by atoms with van der Waals surface area (Å²) >= 11 is 0. The Kier molecular flexibility index (Phi) is 7.48. The van der Waals surface area contributed by atoms with Crippen molar-refractivity contribution >= 4 is 27.9 Å². The maximum Gasteiger partial charge on any atom is 0.387 e. The van der Waals surface area contributed by atoms with Gasteiger partial charge in [-0.05, 0) is 55.7 Å². The Labute approximate surface area is 169 Å². The molecule has 0 aromatic heterocycles. The molecular weight excluding hydrogens is 412 g/mol. The Morgan fingerprint density at radius 2 is 1.68 bits per heavy atom. The van der Waals surface area contributed by atoms with E-state index < -0.39 is 16.4 Å². The highest BCUT2D eigenvalue weighted by Gasteiger charge is 2.23. The van der Waals surface area contributed by atoms with Gasteiger partial charge in [0.1, 0.15) is 11.5 Å². The monoisotopic (exact) mass is 433 g/mol. The summed E-state index contributed by atoms with van der Waals surface area (Å²) in [6.45, 7) is -1.36. The summed E-state index contributed by atoms with van der Waals surface area (Å²) in [6.07, 6.45) is 3.22. The summed E-state index contributed by atoms with van der Waals surface area (Å²) in [7, 11) is -2.35. The van der Waals surface area contributed by atoms with Crippen molar-refractivity contribution in [2.45, 2.75) is 35.7 Å². The zero-order valence-electron chi connectivity index (χ0n) is 15.3. The molecule has 154 valence electrons. The van der Waals surface area contributed by atoms with Gasteiger partial charge in [0, 0.05) is 13.1 Å². The second-order valence-electron chi connectivity index (χ2n) is 6.24. The largest absolute Gasteiger partial charge is 0.495 e. The quantitative estimate of drug-likeness (QED) is 0.669. The van der Waals surface area contributed by atoms with Crippen LogP contribution in [-0.4, -0.2) is 35.2 Å². The number of ether oxygens (including phenoxy) is 2. The van der Waals surface area contributed by atoms with Crippen LogP contribution in [0.4, 0.5) is 14.5 Å². The van der Waals surface area contributed by atoms with Crippen LogP contribution in [0.3, 0.4) is 0 Å². The number of sulfone groups is 1. The molecule has 1 fully saturated rings. The molecular formula is C19H22ClF2NO4S. The third kappa shape index (κ3) is 4.86. The average molecular weight is 434 g/mol. The first-order valence-corrected chi connectivity index (χ1v) is 10.1. The van der Waals surface area contributed by atoms with E-state index in [0.717, 1.165) is 44.1 Å². The molecule has 0 atom stereocenters. The van der Waals surface area contributed by atoms with Crippen molar-refractivity contribution in [2.75, 3.05) is 25.1 Å². The Balaban J connectivity index is 0.00000280. The maximum absolute atomic E-state index is 13.0. The van der Waals surface area contributed by atoms with Gasteiger partial charge in [-0.25, -0.2) is 8.42 Å². The van der Waals surface area contributed by atoms with Gasteiger partial charge in [0.15, 0.2) is 0 Å². The van der Waals surface area contributed by atoms with Gasteiger partial charge in [0.2, 0.25) is 9.84 Å². The lowest BCUT2D eigenvalue weighted by molar-refractivity contribution is -0.0499. The predicted octanol–water partition coefficient (Wildman–Crippen LogP) is 4.54. The predicted molar refractivity (Wildman–Crippen MR) is 105 cm³/mol. The van der Waals surface area contributed by atoms with Crippen molar-refractivity contribution in [3.05, 3.63) is 42.5 Å². The zero-order valence-corrected chi connectivity index (χ0v) is 16.9. The number of benzene rings is 2. The molecule has 0 amide bonds. The molecule has 0 spiro atoms. The first kappa shape index (κ1) is 22.2. The molecule has 0 aliphatic carbocycles. The molecule has 0 saturated carbocycles. The zero-order chi connectivity index (χ0) is 19.4. The number of hydrogen-bond donors (Lipinski definition) is 0. The van der Waals surface area contributed by atoms with E-state index in [4.69, 9.17) is 4.74 Å². The number of nitrogens with zero attached hydrogens (tertiary/aromatic N) is 1. The highest BCUT2D eigenvalue weighted by atomic mass is 35.5. The van der Waals surface area contributed by atoms with Crippen LogP contribution < -0.4 is 14.4 Å². The van der Waals surface area contributed by atoms with Crippen LogP contribution in [0.25, 0.3) is 0 Å². The summed E-state index contributed by atoms with van der Waals surface area (Å²) in [4.78, 5) is 2.09. The molecule has 28 heavy (non-hydrogen) atoms. The van der Waals surface area contributed by atoms with E-state index in [-0.39, 0.29) is 27.9 Å². The maximum atomic E-state index is 13.0. The molecule has 3 rings (SSSR count). The van der Waals surface area contributed by atoms with E-state index in [1.54, 1.807) is 19.2 Å². The fourth-order valence-electron chi connectivity index (χ4n) is 3.17. The van der Waals surface area contributed by atoms with Crippen molar-refractivity contribution in [3.8, 4) is 11.5 Å². The summed E-state index contributed by atoms with van der Waals surface area (Å²) in [5.41, 5.74) is 0.721. The molecule has 1 saturated heterocycles. The van der Waals surface area contributed by atoms with E-state index in [1.165, 1.54) is 24.3 Å². The van der Waals surface area contributed by atoms with Crippen molar-refractivity contribution < 1.29 is 26.7 Å². The van der Waals surface area contributed by atoms with Crippen LogP contribution in [0, 0.1) is 0 Å². The number of rotatable bonds is 6. The minimum atomic E-state index is -3.89. The van der Waals surface area contributed by atoms with Gasteiger partial charge in [-0.2, -0.15) is 8.78 Å². The molecule has 0 N–H and O–H groups in total. The summed E-state index contributed by atoms with van der Waals surface area (Å²) < 4.78 is 60.6. The third-order valence-corrected chi connectivity index (χ3v) is 6.25. The van der Waals surface area contributed by atoms with Crippen LogP contribution in [0.15, 0.2) is 52.3 Å². The van der Waals surface area contributed by atoms with Crippen molar-refractivity contribution in [1.82, 2.24) is 0 Å². The van der Waals surface area contributed by atoms with Crippen LogP contribution in [0.5, 0.6) is 11.5 Å². The first-order valence-electron chi connectivity index (χ1n) is 8.65. The normalized spacial score (nSPS) is 14.5. The van der Waals surface area contributed by atoms with Crippen LogP contribution in [0.2, 0.25) is 0 Å². The Hall–Kier alpha value is -2.06. The molecule has 1 aliphatic rings. The number of alkyl halides is 2. The Bertz CT molecular complexity index is 903. The standard InChI is InChI=1S/C19H21F2NO4S.ClH/c1-25-18-9-8-16(13-17(18)22-10-3-2-4-11-22)27(23,24)15-7-5-6-14(12-15)26-19(20)21;/h5-9,12-13,19H,2-4,10-11H2,1H3;1H. The second-order valence-corrected chi connectivity index (χ2v) is 8.19. The van der Waals surface area contributed by atoms with E-state index in [2.05, 4.69) is 9.64 Å². The smallest absolute Gasteiger partial charge is 0.387 e. The van der Waals surface area contributed by atoms with Gasteiger partial charge in [0.25, 0.3) is 0 Å². The minimum absolute atomic E-state index is 0. The summed E-state index contributed by atoms with van der Waals surface area (Å²) in [5.74, 6) is 0.404. The van der Waals surface area contributed by atoms with Gasteiger partial charge in [-0.1, -0.05) is 6.07 Å². The summed E-state index contributed by atoms with van der Waals surface area (Å²) in [5, 5.41) is 0. The average Bonchev–Trinajstić information content (AvgIpc) is 2.68. The highest BCUT2D eigenvalue weighted by Crippen LogP contribution is 2.35. The molecule has 9 heteroatoms. The highest BCUT2D eigenvalue weighted by molar-refractivity contribution is 7.91. The fourth-order valence-corrected chi connectivity index (χ4v) is 4.49. The molecule has 2 aromatic carbocycles. The molecule has 0 unspecified atom stereocenters. The molecule has 1 heterocycles. The van der Waals surface area contributed by atoms with Gasteiger partial charge in [-0.15, -0.1) is 12.4 Å². The SMILES string of the molecule is COc1ccc(S(=O)(=O)c2cccc(OC(F)F)c2)cc1N1CCCCC1.Cl. The Morgan fingerprint density at radius 3 is 2.32 bits per heavy atom. The van der Waals surface area contributed by atoms with Crippen molar-refractivity contribution in [3.63, 3.8) is 0 Å². The molecule has 2 aromatic rings. The number of anilines is 1. The molecule has 0 bridgehead atoms. The lowest BCUT2D eigenvalue weighted by atomic mass is 10.1. The van der Waals surface area contributed by atoms with Gasteiger partial charge in [0.05, 0.1) is 22.6 Å². The number of piperidine rings is 1. The van der Waals surface area contributed by atoms with Crippen molar-refractivity contribution in [2.24, 2.45) is 0 Å². The molecule has 5 nitrogen and oxygen atoms in total.